The van der Waals surface area contributed by atoms with E-state index in [0.717, 1.165) is 30.5 Å². The van der Waals surface area contributed by atoms with E-state index in [2.05, 4.69) is 10.3 Å². The number of fused-ring (bicyclic) bond motifs is 3. The molecule has 3 heterocycles. The maximum atomic E-state index is 13.4. The van der Waals surface area contributed by atoms with Crippen LogP contribution in [0.1, 0.15) is 37.3 Å². The number of halogens is 5. The van der Waals surface area contributed by atoms with Crippen molar-refractivity contribution in [2.75, 3.05) is 13.1 Å². The maximum absolute atomic E-state index is 13.4. The van der Waals surface area contributed by atoms with Crippen LogP contribution in [0.2, 0.25) is 5.02 Å². The van der Waals surface area contributed by atoms with Gasteiger partial charge in [-0.05, 0) is 38.9 Å². The van der Waals surface area contributed by atoms with Crippen molar-refractivity contribution in [1.82, 2.24) is 14.9 Å². The number of rotatable bonds is 2. The summed E-state index contributed by atoms with van der Waals surface area (Å²) in [6.07, 6.45) is -3.05. The molecule has 4 rings (SSSR count). The summed E-state index contributed by atoms with van der Waals surface area (Å²) in [5, 5.41) is 3.39. The second-order valence-corrected chi connectivity index (χ2v) is 7.05. The summed E-state index contributed by atoms with van der Waals surface area (Å²) >= 11 is 6.16. The molecule has 0 aliphatic carbocycles. The van der Waals surface area contributed by atoms with Crippen LogP contribution < -0.4 is 10.7 Å². The lowest BCUT2D eigenvalue weighted by Crippen LogP contribution is -2.27. The van der Waals surface area contributed by atoms with Crippen LogP contribution in [0.3, 0.4) is 0 Å². The van der Waals surface area contributed by atoms with E-state index in [1.54, 1.807) is 6.92 Å². The van der Waals surface area contributed by atoms with Gasteiger partial charge >= 0.3 is 6.18 Å². The lowest BCUT2D eigenvalue weighted by molar-refractivity contribution is -0.146. The Labute approximate surface area is 169 Å². The van der Waals surface area contributed by atoms with Crippen molar-refractivity contribution in [3.8, 4) is 0 Å². The molecule has 0 amide bonds. The molecule has 1 saturated heterocycles. The molecule has 0 unspecified atom stereocenters. The first-order valence-corrected chi connectivity index (χ1v) is 9.13. The summed E-state index contributed by atoms with van der Waals surface area (Å²) in [6.45, 7) is 3.20. The Morgan fingerprint density at radius 1 is 1.32 bits per heavy atom. The number of benzene rings is 1. The van der Waals surface area contributed by atoms with Crippen molar-refractivity contribution >= 4 is 46.0 Å². The van der Waals surface area contributed by atoms with Crippen LogP contribution in [-0.4, -0.2) is 22.6 Å². The monoisotopic (exact) mass is 435 g/mol. The molecule has 1 N–H and O–H groups in total. The third-order valence-corrected chi connectivity index (χ3v) is 5.28. The number of aromatic nitrogens is 2. The minimum absolute atomic E-state index is 0. The number of alkyl halides is 3. The predicted octanol–water partition coefficient (Wildman–Crippen LogP) is 4.72. The van der Waals surface area contributed by atoms with Crippen LogP contribution in [0.15, 0.2) is 21.3 Å². The topological polar surface area (TPSA) is 60.1 Å². The highest BCUT2D eigenvalue weighted by molar-refractivity contribution is 6.36. The lowest BCUT2D eigenvalue weighted by atomic mass is 9.95. The molecule has 0 atom stereocenters. The Kier molecular flexibility index (Phi) is 5.67. The van der Waals surface area contributed by atoms with Gasteiger partial charge < -0.3 is 14.3 Å². The van der Waals surface area contributed by atoms with Crippen LogP contribution in [0.5, 0.6) is 0 Å². The maximum Gasteiger partial charge on any atom is 0.449 e. The molecule has 0 saturated carbocycles. The summed E-state index contributed by atoms with van der Waals surface area (Å²) in [7, 11) is 0. The van der Waals surface area contributed by atoms with Gasteiger partial charge in [-0.15, -0.1) is 12.4 Å². The molecular weight excluding hydrogens is 418 g/mol. The normalized spacial score (nSPS) is 15.9. The number of piperidine rings is 1. The van der Waals surface area contributed by atoms with Crippen LogP contribution in [0, 0.1) is 0 Å². The van der Waals surface area contributed by atoms with Crippen LogP contribution in [0.25, 0.3) is 22.0 Å². The van der Waals surface area contributed by atoms with Gasteiger partial charge in [0.25, 0.3) is 0 Å². The molecule has 1 aromatic carbocycles. The van der Waals surface area contributed by atoms with Gasteiger partial charge in [0.2, 0.25) is 5.82 Å². The van der Waals surface area contributed by atoms with Gasteiger partial charge in [-0.1, -0.05) is 11.6 Å². The Hall–Kier alpha value is -1.77. The Bertz CT molecular complexity index is 1090. The fraction of sp³-hybridized carbons (Fsp3) is 0.444. The van der Waals surface area contributed by atoms with Crippen molar-refractivity contribution in [1.29, 1.82) is 0 Å². The minimum Gasteiger partial charge on any atom is -0.458 e. The summed E-state index contributed by atoms with van der Waals surface area (Å²) in [6, 6.07) is 2.77. The molecule has 0 spiro atoms. The number of hydrogen-bond donors (Lipinski definition) is 1. The molecule has 0 radical (unpaired) electrons. The molecule has 152 valence electrons. The average Bonchev–Trinajstić information content (AvgIpc) is 3.04. The standard InChI is InChI=1S/C18H17ClF3N3O2.ClH/c1-2-25-15-14(24-17(25)18(20,21)22)11(19)7-10-12(26)8-13(27-16(10)15)9-3-5-23-6-4-9;/h7-9,23H,2-6H2,1H3;1H. The zero-order valence-corrected chi connectivity index (χ0v) is 16.5. The quantitative estimate of drug-likeness (QED) is 0.632. The Balaban J connectivity index is 0.00000225. The lowest BCUT2D eigenvalue weighted by Gasteiger charge is -2.21. The number of hydrogen-bond acceptors (Lipinski definition) is 4. The fourth-order valence-corrected chi connectivity index (χ4v) is 3.95. The predicted molar refractivity (Wildman–Crippen MR) is 104 cm³/mol. The smallest absolute Gasteiger partial charge is 0.449 e. The number of aryl methyl sites for hydroxylation is 1. The largest absolute Gasteiger partial charge is 0.458 e. The van der Waals surface area contributed by atoms with E-state index in [-0.39, 0.29) is 57.3 Å². The fourth-order valence-electron chi connectivity index (χ4n) is 3.71. The van der Waals surface area contributed by atoms with E-state index in [0.29, 0.717) is 5.76 Å². The van der Waals surface area contributed by atoms with E-state index in [9.17, 15) is 18.0 Å². The number of nitrogens with one attached hydrogen (secondary N) is 1. The molecule has 1 fully saturated rings. The number of imidazole rings is 1. The second kappa shape index (κ2) is 7.57. The van der Waals surface area contributed by atoms with Crippen LogP contribution >= 0.6 is 24.0 Å². The summed E-state index contributed by atoms with van der Waals surface area (Å²) in [5.41, 5.74) is -0.101. The van der Waals surface area contributed by atoms with Gasteiger partial charge in [0.05, 0.1) is 10.4 Å². The summed E-state index contributed by atoms with van der Waals surface area (Å²) in [5.74, 6) is -0.506. The Morgan fingerprint density at radius 2 is 2.00 bits per heavy atom. The van der Waals surface area contributed by atoms with E-state index >= 15 is 0 Å². The molecular formula is C18H18Cl2F3N3O2. The molecule has 3 aromatic rings. The van der Waals surface area contributed by atoms with E-state index < -0.39 is 12.0 Å². The van der Waals surface area contributed by atoms with Crippen molar-refractivity contribution in [2.24, 2.45) is 0 Å². The van der Waals surface area contributed by atoms with Crippen molar-refractivity contribution < 1.29 is 17.6 Å². The molecule has 2 aromatic heterocycles. The zero-order valence-electron chi connectivity index (χ0n) is 14.9. The average molecular weight is 436 g/mol. The Morgan fingerprint density at radius 3 is 2.61 bits per heavy atom. The zero-order chi connectivity index (χ0) is 19.3. The van der Waals surface area contributed by atoms with Gasteiger partial charge in [-0.3, -0.25) is 4.79 Å². The first-order valence-electron chi connectivity index (χ1n) is 8.75. The molecule has 1 aliphatic rings. The van der Waals surface area contributed by atoms with E-state index in [1.807, 2.05) is 0 Å². The SMILES string of the molecule is CCn1c(C(F)(F)F)nc2c(Cl)cc3c(=O)cc(C4CCNCC4)oc3c21.Cl. The van der Waals surface area contributed by atoms with Crippen LogP contribution in [0.4, 0.5) is 13.2 Å². The van der Waals surface area contributed by atoms with Gasteiger partial charge in [-0.25, -0.2) is 4.98 Å². The third-order valence-electron chi connectivity index (χ3n) is 4.99. The molecule has 1 aliphatic heterocycles. The van der Waals surface area contributed by atoms with Gasteiger partial charge in [0.15, 0.2) is 11.0 Å². The van der Waals surface area contributed by atoms with Crippen molar-refractivity contribution in [3.63, 3.8) is 0 Å². The highest BCUT2D eigenvalue weighted by Gasteiger charge is 2.38. The van der Waals surface area contributed by atoms with Crippen molar-refractivity contribution in [2.45, 2.75) is 38.4 Å². The van der Waals surface area contributed by atoms with Crippen LogP contribution in [-0.2, 0) is 12.7 Å². The summed E-state index contributed by atoms with van der Waals surface area (Å²) < 4.78 is 47.3. The molecule has 10 heteroatoms. The molecule has 0 bridgehead atoms. The second-order valence-electron chi connectivity index (χ2n) is 6.65. The molecule has 28 heavy (non-hydrogen) atoms. The van der Waals surface area contributed by atoms with E-state index in [1.165, 1.54) is 12.1 Å². The van der Waals surface area contributed by atoms with Crippen molar-refractivity contribution in [3.05, 3.63) is 39.0 Å². The first-order chi connectivity index (χ1) is 12.8. The summed E-state index contributed by atoms with van der Waals surface area (Å²) in [4.78, 5) is 16.4. The van der Waals surface area contributed by atoms with Gasteiger partial charge in [0.1, 0.15) is 16.8 Å². The van der Waals surface area contributed by atoms with E-state index in [4.69, 9.17) is 16.0 Å². The highest BCUT2D eigenvalue weighted by Crippen LogP contribution is 2.38. The minimum atomic E-state index is -4.64. The third kappa shape index (κ3) is 3.38. The number of nitrogens with zero attached hydrogens (tertiary/aromatic N) is 2. The molecule has 5 nitrogen and oxygen atoms in total. The van der Waals surface area contributed by atoms with Gasteiger partial charge in [-0.2, -0.15) is 13.2 Å². The van der Waals surface area contributed by atoms with Gasteiger partial charge in [0, 0.05) is 18.5 Å². The highest BCUT2D eigenvalue weighted by atomic mass is 35.5. The first kappa shape index (κ1) is 21.0.